The smallest absolute Gasteiger partial charge is 0.331 e. The van der Waals surface area contributed by atoms with Gasteiger partial charge in [0.1, 0.15) is 17.5 Å². The van der Waals surface area contributed by atoms with Gasteiger partial charge in [-0.3, -0.25) is 0 Å². The second-order valence-corrected chi connectivity index (χ2v) is 7.05. The molecule has 0 bridgehead atoms. The average molecular weight is 420 g/mol. The van der Waals surface area contributed by atoms with E-state index < -0.39 is 5.97 Å². The highest BCUT2D eigenvalue weighted by atomic mass is 35.5. The van der Waals surface area contributed by atoms with Gasteiger partial charge in [-0.25, -0.2) is 9.48 Å². The van der Waals surface area contributed by atoms with E-state index in [-0.39, 0.29) is 6.61 Å². The lowest BCUT2D eigenvalue weighted by Crippen LogP contribution is -2.03. The Hall–Kier alpha value is -2.57. The molecule has 28 heavy (non-hydrogen) atoms. The lowest BCUT2D eigenvalue weighted by Gasteiger charge is -2.05. The van der Waals surface area contributed by atoms with Crippen molar-refractivity contribution < 1.29 is 14.1 Å². The van der Waals surface area contributed by atoms with Gasteiger partial charge >= 0.3 is 5.97 Å². The van der Waals surface area contributed by atoms with E-state index in [1.54, 1.807) is 24.6 Å². The Bertz CT molecular complexity index is 1020. The maximum atomic E-state index is 12.1. The third-order valence-corrected chi connectivity index (χ3v) is 5.08. The first-order chi connectivity index (χ1) is 13.4. The van der Waals surface area contributed by atoms with E-state index in [9.17, 15) is 4.79 Å². The summed E-state index contributed by atoms with van der Waals surface area (Å²) in [6.45, 7) is 5.93. The summed E-state index contributed by atoms with van der Waals surface area (Å²) in [5.74, 6) is 0.142. The van der Waals surface area contributed by atoms with Crippen LogP contribution in [0.5, 0.6) is 0 Å². The highest BCUT2D eigenvalue weighted by Crippen LogP contribution is 2.24. The molecule has 8 heteroatoms. The minimum Gasteiger partial charge on any atom is -0.457 e. The van der Waals surface area contributed by atoms with E-state index in [1.807, 2.05) is 31.2 Å². The topological polar surface area (TPSA) is 70.2 Å². The van der Waals surface area contributed by atoms with E-state index in [2.05, 4.69) is 10.3 Å². The van der Waals surface area contributed by atoms with E-state index in [0.717, 1.165) is 11.1 Å². The summed E-state index contributed by atoms with van der Waals surface area (Å²) < 4.78 is 12.0. The van der Waals surface area contributed by atoms with Crippen LogP contribution in [0.3, 0.4) is 0 Å². The predicted octanol–water partition coefficient (Wildman–Crippen LogP) is 4.91. The van der Waals surface area contributed by atoms with Gasteiger partial charge < -0.3 is 9.26 Å². The molecule has 3 aromatic rings. The number of carbonyl (C=O) groups is 1. The van der Waals surface area contributed by atoms with Crippen molar-refractivity contribution in [3.63, 3.8) is 0 Å². The van der Waals surface area contributed by atoms with Gasteiger partial charge in [0.2, 0.25) is 0 Å². The molecule has 0 radical (unpaired) electrons. The highest BCUT2D eigenvalue weighted by Gasteiger charge is 2.14. The maximum Gasteiger partial charge on any atom is 0.331 e. The van der Waals surface area contributed by atoms with Crippen LogP contribution >= 0.6 is 23.2 Å². The van der Waals surface area contributed by atoms with Crippen LogP contribution in [0.2, 0.25) is 10.2 Å². The summed E-state index contributed by atoms with van der Waals surface area (Å²) in [5, 5.41) is 9.34. The molecule has 1 aromatic carbocycles. The number of halogens is 2. The average Bonchev–Trinajstić information content (AvgIpc) is 3.12. The lowest BCUT2D eigenvalue weighted by atomic mass is 10.2. The number of esters is 1. The Labute approximate surface area is 172 Å². The van der Waals surface area contributed by atoms with Crippen molar-refractivity contribution in [1.29, 1.82) is 0 Å². The lowest BCUT2D eigenvalue weighted by molar-refractivity contribution is -0.138. The zero-order valence-electron chi connectivity index (χ0n) is 15.7. The van der Waals surface area contributed by atoms with Crippen molar-refractivity contribution in [2.45, 2.75) is 33.9 Å². The van der Waals surface area contributed by atoms with Crippen LogP contribution in [-0.2, 0) is 22.7 Å². The van der Waals surface area contributed by atoms with Crippen molar-refractivity contribution in [1.82, 2.24) is 14.9 Å². The summed E-state index contributed by atoms with van der Waals surface area (Å²) in [4.78, 5) is 12.1. The SMILES string of the molecule is Cc1nn(Cc2ccccc2Cl)c(Cl)c1/C=C/C(=O)OCc1c(C)noc1C. The summed E-state index contributed by atoms with van der Waals surface area (Å²) in [6.07, 6.45) is 2.93. The number of aromatic nitrogens is 3. The van der Waals surface area contributed by atoms with Gasteiger partial charge in [0.05, 0.1) is 23.5 Å². The molecule has 0 fully saturated rings. The van der Waals surface area contributed by atoms with Gasteiger partial charge in [0.15, 0.2) is 0 Å². The first-order valence-corrected chi connectivity index (χ1v) is 9.35. The summed E-state index contributed by atoms with van der Waals surface area (Å²) in [7, 11) is 0. The van der Waals surface area contributed by atoms with Crippen LogP contribution in [0.1, 0.15) is 33.8 Å². The van der Waals surface area contributed by atoms with Crippen molar-refractivity contribution in [3.05, 3.63) is 74.4 Å². The Morgan fingerprint density at radius 2 is 1.96 bits per heavy atom. The number of hydrogen-bond donors (Lipinski definition) is 0. The molecule has 0 saturated carbocycles. The summed E-state index contributed by atoms with van der Waals surface area (Å²) in [5.41, 5.74) is 3.73. The monoisotopic (exact) mass is 419 g/mol. The van der Waals surface area contributed by atoms with E-state index in [1.165, 1.54) is 6.08 Å². The van der Waals surface area contributed by atoms with Gasteiger partial charge in [-0.2, -0.15) is 5.10 Å². The maximum absolute atomic E-state index is 12.1. The molecule has 0 amide bonds. The number of benzene rings is 1. The van der Waals surface area contributed by atoms with Crippen LogP contribution in [0, 0.1) is 20.8 Å². The largest absolute Gasteiger partial charge is 0.457 e. The first-order valence-electron chi connectivity index (χ1n) is 8.59. The summed E-state index contributed by atoms with van der Waals surface area (Å²) >= 11 is 12.7. The van der Waals surface area contributed by atoms with Gasteiger partial charge in [0.25, 0.3) is 0 Å². The number of hydrogen-bond acceptors (Lipinski definition) is 5. The quantitative estimate of drug-likeness (QED) is 0.419. The van der Waals surface area contributed by atoms with E-state index in [4.69, 9.17) is 32.5 Å². The van der Waals surface area contributed by atoms with Crippen LogP contribution in [-0.4, -0.2) is 20.9 Å². The number of rotatable bonds is 6. The Morgan fingerprint density at radius 3 is 2.64 bits per heavy atom. The fourth-order valence-electron chi connectivity index (χ4n) is 2.70. The molecule has 146 valence electrons. The van der Waals surface area contributed by atoms with Gasteiger partial charge in [0, 0.05) is 16.7 Å². The molecule has 6 nitrogen and oxygen atoms in total. The van der Waals surface area contributed by atoms with Crippen LogP contribution in [0.15, 0.2) is 34.9 Å². The second-order valence-electron chi connectivity index (χ2n) is 6.28. The number of ether oxygens (including phenoxy) is 1. The molecule has 0 atom stereocenters. The Kier molecular flexibility index (Phi) is 6.21. The first kappa shape index (κ1) is 20.2. The Morgan fingerprint density at radius 1 is 1.21 bits per heavy atom. The molecule has 2 heterocycles. The van der Waals surface area contributed by atoms with E-state index >= 15 is 0 Å². The van der Waals surface area contributed by atoms with Crippen molar-refractivity contribution in [2.75, 3.05) is 0 Å². The molecule has 0 spiro atoms. The van der Waals surface area contributed by atoms with Crippen molar-refractivity contribution in [3.8, 4) is 0 Å². The third kappa shape index (κ3) is 4.46. The predicted molar refractivity (Wildman–Crippen MR) is 107 cm³/mol. The molecule has 0 aliphatic carbocycles. The standard InChI is InChI=1S/C20H19Cl2N3O3/c1-12-16(8-9-19(26)27-11-17-13(2)24-28-14(17)3)20(22)25(23-12)10-15-6-4-5-7-18(15)21/h4-9H,10-11H2,1-3H3/b9-8+. The van der Waals surface area contributed by atoms with Crippen LogP contribution < -0.4 is 0 Å². The normalized spacial score (nSPS) is 11.3. The number of nitrogens with zero attached hydrogens (tertiary/aromatic N) is 3. The van der Waals surface area contributed by atoms with Crippen LogP contribution in [0.4, 0.5) is 0 Å². The zero-order valence-corrected chi connectivity index (χ0v) is 17.2. The number of aryl methyl sites for hydroxylation is 3. The second kappa shape index (κ2) is 8.63. The molecular formula is C20H19Cl2N3O3. The minimum atomic E-state index is -0.491. The molecule has 0 N–H and O–H groups in total. The van der Waals surface area contributed by atoms with Gasteiger partial charge in [-0.1, -0.05) is 46.6 Å². The molecule has 0 unspecified atom stereocenters. The molecule has 0 aliphatic heterocycles. The third-order valence-electron chi connectivity index (χ3n) is 4.31. The van der Waals surface area contributed by atoms with Crippen molar-refractivity contribution >= 4 is 35.2 Å². The molecule has 3 rings (SSSR count). The van der Waals surface area contributed by atoms with Crippen LogP contribution in [0.25, 0.3) is 6.08 Å². The fourth-order valence-corrected chi connectivity index (χ4v) is 3.19. The zero-order chi connectivity index (χ0) is 20.3. The van der Waals surface area contributed by atoms with Gasteiger partial charge in [-0.15, -0.1) is 0 Å². The highest BCUT2D eigenvalue weighted by molar-refractivity contribution is 6.32. The molecule has 0 saturated heterocycles. The van der Waals surface area contributed by atoms with Gasteiger partial charge in [-0.05, 0) is 38.5 Å². The van der Waals surface area contributed by atoms with Crippen molar-refractivity contribution in [2.24, 2.45) is 0 Å². The summed E-state index contributed by atoms with van der Waals surface area (Å²) in [6, 6.07) is 7.50. The number of carbonyl (C=O) groups excluding carboxylic acids is 1. The van der Waals surface area contributed by atoms with E-state index in [0.29, 0.717) is 39.4 Å². The fraction of sp³-hybridized carbons (Fsp3) is 0.250. The minimum absolute atomic E-state index is 0.100. The Balaban J connectivity index is 1.69. The molecule has 0 aliphatic rings. The molecule has 2 aromatic heterocycles. The molecular weight excluding hydrogens is 401 g/mol.